The SMILES string of the molecule is O=NC(CO)c1cnc(Cl)cc1-c1cc2c(F)cccc2[nH]1. The van der Waals surface area contributed by atoms with Gasteiger partial charge >= 0.3 is 0 Å². The van der Waals surface area contributed by atoms with Crippen LogP contribution in [0.1, 0.15) is 11.6 Å². The normalized spacial score (nSPS) is 12.5. The van der Waals surface area contributed by atoms with Gasteiger partial charge in [0.1, 0.15) is 17.0 Å². The highest BCUT2D eigenvalue weighted by Gasteiger charge is 2.19. The van der Waals surface area contributed by atoms with Crippen molar-refractivity contribution in [2.75, 3.05) is 6.61 Å². The Balaban J connectivity index is 2.22. The molecule has 0 aliphatic heterocycles. The van der Waals surface area contributed by atoms with Crippen LogP contribution in [0.25, 0.3) is 22.2 Å². The number of rotatable bonds is 4. The van der Waals surface area contributed by atoms with E-state index in [1.165, 1.54) is 12.3 Å². The molecule has 0 aliphatic carbocycles. The van der Waals surface area contributed by atoms with Crippen molar-refractivity contribution in [3.63, 3.8) is 0 Å². The standard InChI is InChI=1S/C15H11ClFN3O2/c16-15-5-8(10(6-18-15)14(7-21)20-22)13-4-9-11(17)2-1-3-12(9)19-13/h1-6,14,19,21H,7H2. The molecule has 3 rings (SSSR count). The number of hydrogen-bond acceptors (Lipinski definition) is 4. The molecule has 1 aromatic carbocycles. The smallest absolute Gasteiger partial charge is 0.142 e. The zero-order valence-corrected chi connectivity index (χ0v) is 12.0. The molecule has 0 bridgehead atoms. The Morgan fingerprint density at radius 3 is 2.91 bits per heavy atom. The van der Waals surface area contributed by atoms with Gasteiger partial charge < -0.3 is 10.1 Å². The van der Waals surface area contributed by atoms with Crippen LogP contribution in [0.2, 0.25) is 5.15 Å². The summed E-state index contributed by atoms with van der Waals surface area (Å²) in [6.07, 6.45) is 1.39. The summed E-state index contributed by atoms with van der Waals surface area (Å²) in [5.74, 6) is -0.353. The third-order valence-corrected chi connectivity index (χ3v) is 3.67. The second-order valence-electron chi connectivity index (χ2n) is 4.78. The van der Waals surface area contributed by atoms with Crippen molar-refractivity contribution < 1.29 is 9.50 Å². The second-order valence-corrected chi connectivity index (χ2v) is 5.17. The van der Waals surface area contributed by atoms with E-state index in [0.717, 1.165) is 0 Å². The van der Waals surface area contributed by atoms with Gasteiger partial charge in [0.15, 0.2) is 0 Å². The van der Waals surface area contributed by atoms with Gasteiger partial charge in [0.2, 0.25) is 0 Å². The van der Waals surface area contributed by atoms with Crippen LogP contribution in [-0.4, -0.2) is 21.7 Å². The Labute approximate surface area is 129 Å². The van der Waals surface area contributed by atoms with Crippen molar-refractivity contribution in [2.24, 2.45) is 5.18 Å². The summed E-state index contributed by atoms with van der Waals surface area (Å²) in [5.41, 5.74) is 2.16. The van der Waals surface area contributed by atoms with Gasteiger partial charge in [0.25, 0.3) is 0 Å². The average molecular weight is 320 g/mol. The van der Waals surface area contributed by atoms with Crippen molar-refractivity contribution in [3.05, 3.63) is 58.0 Å². The number of nitroso groups, excluding NO2 is 1. The largest absolute Gasteiger partial charge is 0.394 e. The lowest BCUT2D eigenvalue weighted by Crippen LogP contribution is -2.03. The maximum atomic E-state index is 13.8. The van der Waals surface area contributed by atoms with Gasteiger partial charge in [-0.15, -0.1) is 0 Å². The number of benzene rings is 1. The first kappa shape index (κ1) is 14.6. The van der Waals surface area contributed by atoms with E-state index >= 15 is 0 Å². The highest BCUT2D eigenvalue weighted by atomic mass is 35.5. The van der Waals surface area contributed by atoms with Crippen LogP contribution in [-0.2, 0) is 0 Å². The quantitative estimate of drug-likeness (QED) is 0.566. The molecular weight excluding hydrogens is 309 g/mol. The minimum Gasteiger partial charge on any atom is -0.394 e. The van der Waals surface area contributed by atoms with Crippen molar-refractivity contribution in [2.45, 2.75) is 6.04 Å². The van der Waals surface area contributed by atoms with Gasteiger partial charge in [0, 0.05) is 33.9 Å². The van der Waals surface area contributed by atoms with Crippen LogP contribution in [0.3, 0.4) is 0 Å². The van der Waals surface area contributed by atoms with Crippen molar-refractivity contribution in [1.82, 2.24) is 9.97 Å². The molecule has 0 saturated carbocycles. The molecule has 2 heterocycles. The lowest BCUT2D eigenvalue weighted by Gasteiger charge is -2.11. The maximum Gasteiger partial charge on any atom is 0.142 e. The number of nitrogens with zero attached hydrogens (tertiary/aromatic N) is 2. The highest BCUT2D eigenvalue weighted by molar-refractivity contribution is 6.29. The van der Waals surface area contributed by atoms with E-state index in [1.54, 1.807) is 24.3 Å². The van der Waals surface area contributed by atoms with Crippen molar-refractivity contribution in [1.29, 1.82) is 0 Å². The molecule has 1 atom stereocenters. The lowest BCUT2D eigenvalue weighted by molar-refractivity contribution is 0.268. The Kier molecular flexibility index (Phi) is 3.87. The summed E-state index contributed by atoms with van der Waals surface area (Å²) in [4.78, 5) is 17.9. The molecular formula is C15H11ClFN3O2. The van der Waals surface area contributed by atoms with E-state index in [1.807, 2.05) is 0 Å². The molecule has 1 unspecified atom stereocenters. The first-order chi connectivity index (χ1) is 10.6. The molecule has 5 nitrogen and oxygen atoms in total. The van der Waals surface area contributed by atoms with E-state index in [9.17, 15) is 14.4 Å². The minimum absolute atomic E-state index is 0.223. The number of aromatic nitrogens is 2. The number of halogens is 2. The number of aromatic amines is 1. The summed E-state index contributed by atoms with van der Waals surface area (Å²) >= 11 is 5.92. The molecule has 0 amide bonds. The number of hydrogen-bond donors (Lipinski definition) is 2. The lowest BCUT2D eigenvalue weighted by atomic mass is 10.0. The summed E-state index contributed by atoms with van der Waals surface area (Å²) in [7, 11) is 0. The zero-order chi connectivity index (χ0) is 15.7. The third kappa shape index (κ3) is 2.47. The molecule has 112 valence electrons. The molecule has 0 spiro atoms. The summed E-state index contributed by atoms with van der Waals surface area (Å²) in [6, 6.07) is 6.92. The van der Waals surface area contributed by atoms with Gasteiger partial charge in [-0.2, -0.15) is 4.91 Å². The maximum absolute atomic E-state index is 13.8. The molecule has 0 aliphatic rings. The van der Waals surface area contributed by atoms with E-state index in [2.05, 4.69) is 15.1 Å². The van der Waals surface area contributed by atoms with Crippen molar-refractivity contribution in [3.8, 4) is 11.3 Å². The molecule has 0 saturated heterocycles. The molecule has 22 heavy (non-hydrogen) atoms. The number of aliphatic hydroxyl groups is 1. The molecule has 0 fully saturated rings. The number of nitrogens with one attached hydrogen (secondary N) is 1. The topological polar surface area (TPSA) is 78.3 Å². The fourth-order valence-electron chi connectivity index (χ4n) is 2.39. The van der Waals surface area contributed by atoms with Crippen LogP contribution in [0, 0.1) is 10.7 Å². The number of pyridine rings is 1. The van der Waals surface area contributed by atoms with Gasteiger partial charge in [-0.25, -0.2) is 9.37 Å². The number of aliphatic hydroxyl groups excluding tert-OH is 1. The van der Waals surface area contributed by atoms with E-state index in [-0.39, 0.29) is 11.0 Å². The molecule has 3 aromatic rings. The first-order valence-electron chi connectivity index (χ1n) is 6.50. The monoisotopic (exact) mass is 319 g/mol. The summed E-state index contributed by atoms with van der Waals surface area (Å²) in [6.45, 7) is -0.450. The fourth-order valence-corrected chi connectivity index (χ4v) is 2.55. The van der Waals surface area contributed by atoms with Gasteiger partial charge in [-0.3, -0.25) is 0 Å². The Hall–Kier alpha value is -2.31. The number of fused-ring (bicyclic) bond motifs is 1. The van der Waals surface area contributed by atoms with Crippen molar-refractivity contribution >= 4 is 22.5 Å². The van der Waals surface area contributed by atoms with Gasteiger partial charge in [-0.1, -0.05) is 22.8 Å². The average Bonchev–Trinajstić information content (AvgIpc) is 2.95. The van der Waals surface area contributed by atoms with Crippen LogP contribution in [0.15, 0.2) is 41.7 Å². The van der Waals surface area contributed by atoms with Crippen LogP contribution >= 0.6 is 11.6 Å². The summed E-state index contributed by atoms with van der Waals surface area (Å²) in [5, 5.41) is 12.8. The van der Waals surface area contributed by atoms with E-state index < -0.39 is 12.6 Å². The second kappa shape index (κ2) is 5.82. The Morgan fingerprint density at radius 1 is 1.41 bits per heavy atom. The third-order valence-electron chi connectivity index (χ3n) is 3.46. The first-order valence-corrected chi connectivity index (χ1v) is 6.88. The molecule has 7 heteroatoms. The van der Waals surface area contributed by atoms with Gasteiger partial charge in [-0.05, 0) is 24.3 Å². The van der Waals surface area contributed by atoms with E-state index in [0.29, 0.717) is 27.7 Å². The fraction of sp³-hybridized carbons (Fsp3) is 0.133. The molecule has 2 N–H and O–H groups in total. The summed E-state index contributed by atoms with van der Waals surface area (Å²) < 4.78 is 13.8. The molecule has 2 aromatic heterocycles. The highest BCUT2D eigenvalue weighted by Crippen LogP contribution is 2.33. The van der Waals surface area contributed by atoms with Crippen LogP contribution in [0.4, 0.5) is 4.39 Å². The Bertz CT molecular complexity index is 850. The Morgan fingerprint density at radius 2 is 2.23 bits per heavy atom. The predicted octanol–water partition coefficient (Wildman–Crippen LogP) is 3.82. The van der Waals surface area contributed by atoms with Crippen LogP contribution in [0.5, 0.6) is 0 Å². The number of H-pyrrole nitrogens is 1. The minimum atomic E-state index is -0.962. The van der Waals surface area contributed by atoms with Gasteiger partial charge in [0.05, 0.1) is 6.61 Å². The molecule has 0 radical (unpaired) electrons. The zero-order valence-electron chi connectivity index (χ0n) is 11.3. The predicted molar refractivity (Wildman–Crippen MR) is 82.1 cm³/mol. The van der Waals surface area contributed by atoms with E-state index in [4.69, 9.17) is 11.6 Å². The van der Waals surface area contributed by atoms with Crippen LogP contribution < -0.4 is 0 Å².